The molecule has 0 aromatic heterocycles. The number of rotatable bonds is 6. The Morgan fingerprint density at radius 2 is 1.82 bits per heavy atom. The van der Waals surface area contributed by atoms with Crippen molar-refractivity contribution < 1.29 is 38.6 Å². The van der Waals surface area contributed by atoms with Gasteiger partial charge < -0.3 is 14.6 Å². The fourth-order valence-electron chi connectivity index (χ4n) is 7.48. The standard InChI is InChI=1S/C24H30O6.C5H10O2S.C2H6/c1-13-9-16-17-6-8-24(29,20(28)12-30-14(2)25)23(17,4)11-19(27)21(16)22(3)7-5-15(26)10-18(13)22;1-7-5(6)3-2-4-8;1-2/h10,16-17,21,29H,1,5-9,11-12H2,2-4H3;8H,2-4H2,1H3;1-2H3/t16?,17?,21?,22?,23?,24-;;/m0../s1. The minimum atomic E-state index is -1.69. The van der Waals surface area contributed by atoms with Gasteiger partial charge >= 0.3 is 11.9 Å². The van der Waals surface area contributed by atoms with Gasteiger partial charge in [0.2, 0.25) is 5.78 Å². The zero-order chi connectivity index (χ0) is 30.5. The molecule has 0 aromatic carbocycles. The highest BCUT2D eigenvalue weighted by Crippen LogP contribution is 2.67. The van der Waals surface area contributed by atoms with Crippen LogP contribution in [0.5, 0.6) is 0 Å². The number of carbonyl (C=O) groups excluding carboxylic acids is 5. The number of ether oxygens (including phenoxy) is 2. The number of methoxy groups -OCH3 is 1. The average Bonchev–Trinajstić information content (AvgIpc) is 3.19. The van der Waals surface area contributed by atoms with E-state index in [1.165, 1.54) is 14.0 Å². The number of thiol groups is 1. The summed E-state index contributed by atoms with van der Waals surface area (Å²) < 4.78 is 9.25. The highest BCUT2D eigenvalue weighted by Gasteiger charge is 2.68. The van der Waals surface area contributed by atoms with E-state index in [2.05, 4.69) is 30.9 Å². The largest absolute Gasteiger partial charge is 0.469 e. The summed E-state index contributed by atoms with van der Waals surface area (Å²) in [5.74, 6) is -0.641. The summed E-state index contributed by atoms with van der Waals surface area (Å²) in [5.41, 5.74) is -1.20. The first-order valence-electron chi connectivity index (χ1n) is 14.3. The van der Waals surface area contributed by atoms with Gasteiger partial charge in [-0.25, -0.2) is 0 Å². The second-order valence-electron chi connectivity index (χ2n) is 11.6. The van der Waals surface area contributed by atoms with Crippen molar-refractivity contribution in [2.45, 2.75) is 91.6 Å². The van der Waals surface area contributed by atoms with Crippen molar-refractivity contribution in [1.29, 1.82) is 0 Å². The highest BCUT2D eigenvalue weighted by molar-refractivity contribution is 7.80. The van der Waals surface area contributed by atoms with Crippen LogP contribution in [0.3, 0.4) is 0 Å². The third-order valence-corrected chi connectivity index (χ3v) is 9.73. The first-order valence-corrected chi connectivity index (χ1v) is 14.9. The molecule has 3 saturated carbocycles. The van der Waals surface area contributed by atoms with Crippen LogP contribution >= 0.6 is 12.6 Å². The van der Waals surface area contributed by atoms with E-state index in [-0.39, 0.29) is 48.1 Å². The molecule has 0 radical (unpaired) electrons. The van der Waals surface area contributed by atoms with Crippen LogP contribution in [0, 0.1) is 28.6 Å². The van der Waals surface area contributed by atoms with Crippen LogP contribution in [-0.2, 0) is 33.4 Å². The van der Waals surface area contributed by atoms with E-state index in [1.807, 2.05) is 20.8 Å². The van der Waals surface area contributed by atoms with Gasteiger partial charge in [-0.1, -0.05) is 39.8 Å². The molecule has 5 unspecified atom stereocenters. The number of hydrogen-bond donors (Lipinski definition) is 2. The summed E-state index contributed by atoms with van der Waals surface area (Å²) in [6, 6.07) is 0. The second-order valence-corrected chi connectivity index (χ2v) is 12.0. The predicted octanol–water partition coefficient (Wildman–Crippen LogP) is 4.62. The van der Waals surface area contributed by atoms with E-state index in [0.29, 0.717) is 32.1 Å². The van der Waals surface area contributed by atoms with Crippen LogP contribution in [0.15, 0.2) is 23.8 Å². The Bertz CT molecular complexity index is 1060. The summed E-state index contributed by atoms with van der Waals surface area (Å²) >= 11 is 3.93. The maximum atomic E-state index is 13.6. The lowest BCUT2D eigenvalue weighted by molar-refractivity contribution is -0.172. The third-order valence-electron chi connectivity index (χ3n) is 9.41. The van der Waals surface area contributed by atoms with Gasteiger partial charge in [0.15, 0.2) is 12.4 Å². The Labute approximate surface area is 243 Å². The average molecular weight is 579 g/mol. The first-order chi connectivity index (χ1) is 18.7. The number of carbonyl (C=O) groups is 5. The van der Waals surface area contributed by atoms with Crippen LogP contribution in [0.4, 0.5) is 0 Å². The van der Waals surface area contributed by atoms with Gasteiger partial charge in [-0.3, -0.25) is 24.0 Å². The molecule has 0 saturated heterocycles. The van der Waals surface area contributed by atoms with Crippen molar-refractivity contribution >= 4 is 41.9 Å². The SMILES string of the molecule is C=C1CC2C(C(=O)CC3(C)C2CC[C@]3(O)C(=O)COC(C)=O)C2(C)CCC(=O)C=C12.CC.COC(=O)CCCS. The van der Waals surface area contributed by atoms with E-state index in [4.69, 9.17) is 4.74 Å². The van der Waals surface area contributed by atoms with Crippen LogP contribution < -0.4 is 0 Å². The van der Waals surface area contributed by atoms with Crippen molar-refractivity contribution in [3.63, 3.8) is 0 Å². The highest BCUT2D eigenvalue weighted by atomic mass is 32.1. The number of esters is 2. The Hall–Kier alpha value is -2.26. The lowest BCUT2D eigenvalue weighted by Gasteiger charge is -2.58. The molecule has 1 N–H and O–H groups in total. The minimum Gasteiger partial charge on any atom is -0.469 e. The molecule has 9 heteroatoms. The van der Waals surface area contributed by atoms with Crippen molar-refractivity contribution in [1.82, 2.24) is 0 Å². The molecule has 0 spiro atoms. The summed E-state index contributed by atoms with van der Waals surface area (Å²) in [4.78, 5) is 59.9. The molecule has 4 rings (SSSR count). The van der Waals surface area contributed by atoms with E-state index in [9.17, 15) is 29.1 Å². The van der Waals surface area contributed by atoms with Gasteiger partial charge in [0.05, 0.1) is 7.11 Å². The van der Waals surface area contributed by atoms with Gasteiger partial charge in [0.25, 0.3) is 0 Å². The van der Waals surface area contributed by atoms with Crippen LogP contribution in [0.25, 0.3) is 0 Å². The number of hydrogen-bond acceptors (Lipinski definition) is 9. The molecule has 8 nitrogen and oxygen atoms in total. The topological polar surface area (TPSA) is 124 Å². The lowest BCUT2D eigenvalue weighted by atomic mass is 9.45. The van der Waals surface area contributed by atoms with E-state index in [1.54, 1.807) is 6.08 Å². The van der Waals surface area contributed by atoms with E-state index < -0.39 is 34.8 Å². The number of Topliss-reactive ketones (excluding diaryl/α,β-unsaturated/α-hetero) is 2. The molecule has 0 aliphatic heterocycles. The molecule has 3 fully saturated rings. The molecule has 0 bridgehead atoms. The maximum Gasteiger partial charge on any atom is 0.305 e. The summed E-state index contributed by atoms with van der Waals surface area (Å²) in [6.45, 7) is 12.9. The van der Waals surface area contributed by atoms with E-state index in [0.717, 1.165) is 23.3 Å². The fraction of sp³-hybridized carbons (Fsp3) is 0.710. The molecule has 0 heterocycles. The molecule has 6 atom stereocenters. The molecule has 40 heavy (non-hydrogen) atoms. The van der Waals surface area contributed by atoms with Gasteiger partial charge in [-0.15, -0.1) is 0 Å². The second kappa shape index (κ2) is 13.6. The number of fused-ring (bicyclic) bond motifs is 5. The Kier molecular flexibility index (Phi) is 11.5. The first kappa shape index (κ1) is 33.9. The van der Waals surface area contributed by atoms with Gasteiger partial charge in [-0.05, 0) is 61.3 Å². The lowest BCUT2D eigenvalue weighted by Crippen LogP contribution is -2.61. The smallest absolute Gasteiger partial charge is 0.305 e. The molecule has 0 amide bonds. The zero-order valence-corrected chi connectivity index (χ0v) is 25.7. The summed E-state index contributed by atoms with van der Waals surface area (Å²) in [7, 11) is 1.39. The maximum absolute atomic E-state index is 13.6. The number of aliphatic hydroxyl groups is 1. The molecule has 224 valence electrons. The van der Waals surface area contributed by atoms with Crippen molar-refractivity contribution in [3.8, 4) is 0 Å². The monoisotopic (exact) mass is 578 g/mol. The molecular formula is C31H46O8S. The van der Waals surface area contributed by atoms with Crippen molar-refractivity contribution in [3.05, 3.63) is 23.8 Å². The van der Waals surface area contributed by atoms with Crippen LogP contribution in [-0.4, -0.2) is 59.5 Å². The van der Waals surface area contributed by atoms with Gasteiger partial charge in [0, 0.05) is 42.9 Å². The van der Waals surface area contributed by atoms with Gasteiger partial charge in [-0.2, -0.15) is 12.6 Å². The summed E-state index contributed by atoms with van der Waals surface area (Å²) in [6.07, 6.45) is 5.62. The van der Waals surface area contributed by atoms with Crippen LogP contribution in [0.1, 0.15) is 86.0 Å². The molecule has 4 aliphatic rings. The Morgan fingerprint density at radius 1 is 1.18 bits per heavy atom. The third kappa shape index (κ3) is 6.30. The van der Waals surface area contributed by atoms with Gasteiger partial charge in [0.1, 0.15) is 11.4 Å². The predicted molar refractivity (Wildman–Crippen MR) is 155 cm³/mol. The van der Waals surface area contributed by atoms with E-state index >= 15 is 0 Å². The molecular weight excluding hydrogens is 532 g/mol. The quantitative estimate of drug-likeness (QED) is 0.346. The normalized spacial score (nSPS) is 34.0. The molecule has 0 aromatic rings. The Balaban J connectivity index is 0.000000484. The minimum absolute atomic E-state index is 0.0146. The van der Waals surface area contributed by atoms with Crippen molar-refractivity contribution in [2.75, 3.05) is 19.5 Å². The van der Waals surface area contributed by atoms with Crippen molar-refractivity contribution in [2.24, 2.45) is 28.6 Å². The van der Waals surface area contributed by atoms with Crippen LogP contribution in [0.2, 0.25) is 0 Å². The zero-order valence-electron chi connectivity index (χ0n) is 24.8. The number of allylic oxidation sites excluding steroid dienone is 2. The summed E-state index contributed by atoms with van der Waals surface area (Å²) in [5, 5.41) is 11.5. The fourth-order valence-corrected chi connectivity index (χ4v) is 7.64. The number of ketones is 3. The Morgan fingerprint density at radius 3 is 2.40 bits per heavy atom. The molecule has 4 aliphatic carbocycles.